The maximum absolute atomic E-state index is 13.0. The summed E-state index contributed by atoms with van der Waals surface area (Å²) in [6.07, 6.45) is 0.633. The SMILES string of the molecule is O=C(NO)c1ccc(CCN(C(=O)c2ccccc2)c2ccccc2)cc1. The standard InChI is InChI=1S/C22H20N2O3/c25-21(23-27)18-13-11-17(12-14-18)15-16-24(20-9-5-2-6-10-20)22(26)19-7-3-1-4-8-19/h1-14,27H,15-16H2,(H,23,25). The van der Waals surface area contributed by atoms with Crippen LogP contribution in [0, 0.1) is 0 Å². The average molecular weight is 360 g/mol. The third-order valence-corrected chi connectivity index (χ3v) is 4.28. The molecule has 0 saturated carbocycles. The lowest BCUT2D eigenvalue weighted by atomic mass is 10.1. The van der Waals surface area contributed by atoms with Gasteiger partial charge in [-0.15, -0.1) is 0 Å². The summed E-state index contributed by atoms with van der Waals surface area (Å²) < 4.78 is 0. The first kappa shape index (κ1) is 18.4. The Bertz CT molecular complexity index is 894. The van der Waals surface area contributed by atoms with Crippen LogP contribution in [0.15, 0.2) is 84.9 Å². The van der Waals surface area contributed by atoms with Gasteiger partial charge in [-0.1, -0.05) is 48.5 Å². The second-order valence-corrected chi connectivity index (χ2v) is 6.05. The van der Waals surface area contributed by atoms with Crippen molar-refractivity contribution in [3.63, 3.8) is 0 Å². The maximum atomic E-state index is 13.0. The van der Waals surface area contributed by atoms with E-state index in [2.05, 4.69) is 0 Å². The quantitative estimate of drug-likeness (QED) is 0.520. The Morgan fingerprint density at radius 1 is 0.778 bits per heavy atom. The van der Waals surface area contributed by atoms with E-state index in [0.717, 1.165) is 11.3 Å². The molecule has 0 aliphatic rings. The molecule has 0 radical (unpaired) electrons. The molecule has 0 aromatic heterocycles. The molecule has 3 aromatic rings. The van der Waals surface area contributed by atoms with Gasteiger partial charge in [0.25, 0.3) is 11.8 Å². The number of rotatable bonds is 6. The van der Waals surface area contributed by atoms with E-state index in [4.69, 9.17) is 5.21 Å². The first-order valence-corrected chi connectivity index (χ1v) is 8.64. The predicted molar refractivity (Wildman–Crippen MR) is 104 cm³/mol. The van der Waals surface area contributed by atoms with Crippen LogP contribution < -0.4 is 10.4 Å². The smallest absolute Gasteiger partial charge is 0.274 e. The Morgan fingerprint density at radius 2 is 1.37 bits per heavy atom. The Kier molecular flexibility index (Phi) is 5.97. The van der Waals surface area contributed by atoms with E-state index in [1.54, 1.807) is 34.6 Å². The number of para-hydroxylation sites is 1. The number of benzene rings is 3. The van der Waals surface area contributed by atoms with Gasteiger partial charge >= 0.3 is 0 Å². The van der Waals surface area contributed by atoms with Crippen LogP contribution in [-0.4, -0.2) is 23.6 Å². The van der Waals surface area contributed by atoms with Gasteiger partial charge in [0, 0.05) is 23.4 Å². The van der Waals surface area contributed by atoms with Gasteiger partial charge in [-0.2, -0.15) is 0 Å². The van der Waals surface area contributed by atoms with E-state index < -0.39 is 5.91 Å². The highest BCUT2D eigenvalue weighted by molar-refractivity contribution is 6.06. The lowest BCUT2D eigenvalue weighted by Gasteiger charge is -2.23. The Morgan fingerprint density at radius 3 is 1.96 bits per heavy atom. The number of nitrogens with zero attached hydrogens (tertiary/aromatic N) is 1. The number of anilines is 1. The molecule has 3 aromatic carbocycles. The molecular formula is C22H20N2O3. The zero-order chi connectivity index (χ0) is 19.1. The first-order valence-electron chi connectivity index (χ1n) is 8.64. The summed E-state index contributed by atoms with van der Waals surface area (Å²) in [4.78, 5) is 26.2. The highest BCUT2D eigenvalue weighted by atomic mass is 16.5. The van der Waals surface area contributed by atoms with Crippen molar-refractivity contribution in [2.45, 2.75) is 6.42 Å². The summed E-state index contributed by atoms with van der Waals surface area (Å²) >= 11 is 0. The third-order valence-electron chi connectivity index (χ3n) is 4.28. The van der Waals surface area contributed by atoms with Crippen LogP contribution >= 0.6 is 0 Å². The van der Waals surface area contributed by atoms with Crippen molar-refractivity contribution < 1.29 is 14.8 Å². The Balaban J connectivity index is 1.78. The fourth-order valence-electron chi connectivity index (χ4n) is 2.82. The second kappa shape index (κ2) is 8.78. The largest absolute Gasteiger partial charge is 0.308 e. The summed E-state index contributed by atoms with van der Waals surface area (Å²) in [7, 11) is 0. The van der Waals surface area contributed by atoms with E-state index >= 15 is 0 Å². The summed E-state index contributed by atoms with van der Waals surface area (Å²) in [5, 5.41) is 8.69. The first-order chi connectivity index (χ1) is 13.2. The number of hydroxylamine groups is 1. The van der Waals surface area contributed by atoms with Crippen molar-refractivity contribution in [3.05, 3.63) is 102 Å². The number of carbonyl (C=O) groups excluding carboxylic acids is 2. The molecule has 0 aliphatic heterocycles. The van der Waals surface area contributed by atoms with Gasteiger partial charge in [0.15, 0.2) is 0 Å². The zero-order valence-corrected chi connectivity index (χ0v) is 14.7. The van der Waals surface area contributed by atoms with Crippen molar-refractivity contribution in [2.24, 2.45) is 0 Å². The molecule has 2 amide bonds. The molecule has 0 atom stereocenters. The van der Waals surface area contributed by atoms with Crippen LogP contribution in [0.1, 0.15) is 26.3 Å². The number of carbonyl (C=O) groups is 2. The van der Waals surface area contributed by atoms with E-state index in [9.17, 15) is 9.59 Å². The van der Waals surface area contributed by atoms with Crippen molar-refractivity contribution in [3.8, 4) is 0 Å². The fourth-order valence-corrected chi connectivity index (χ4v) is 2.82. The number of amides is 2. The molecule has 0 heterocycles. The molecule has 0 spiro atoms. The van der Waals surface area contributed by atoms with E-state index in [1.807, 2.05) is 60.7 Å². The Labute approximate surface area is 157 Å². The summed E-state index contributed by atoms with van der Waals surface area (Å²) in [5.41, 5.74) is 4.45. The summed E-state index contributed by atoms with van der Waals surface area (Å²) in [6, 6.07) is 25.7. The van der Waals surface area contributed by atoms with Crippen LogP contribution in [0.2, 0.25) is 0 Å². The minimum atomic E-state index is -0.549. The molecule has 3 rings (SSSR count). The van der Waals surface area contributed by atoms with Crippen molar-refractivity contribution >= 4 is 17.5 Å². The molecule has 5 nitrogen and oxygen atoms in total. The lowest BCUT2D eigenvalue weighted by molar-refractivity contribution is 0.0706. The van der Waals surface area contributed by atoms with Gasteiger partial charge in [-0.05, 0) is 48.4 Å². The van der Waals surface area contributed by atoms with E-state index in [1.165, 1.54) is 0 Å². The number of hydrogen-bond acceptors (Lipinski definition) is 3. The second-order valence-electron chi connectivity index (χ2n) is 6.05. The molecule has 27 heavy (non-hydrogen) atoms. The highest BCUT2D eigenvalue weighted by Gasteiger charge is 2.17. The van der Waals surface area contributed by atoms with Gasteiger partial charge < -0.3 is 4.90 Å². The van der Waals surface area contributed by atoms with Crippen LogP contribution in [0.25, 0.3) is 0 Å². The summed E-state index contributed by atoms with van der Waals surface area (Å²) in [5.74, 6) is -0.607. The molecule has 2 N–H and O–H groups in total. The van der Waals surface area contributed by atoms with Crippen LogP contribution in [0.4, 0.5) is 5.69 Å². The molecule has 0 unspecified atom stereocenters. The van der Waals surface area contributed by atoms with Crippen LogP contribution in [0.3, 0.4) is 0 Å². The van der Waals surface area contributed by atoms with Crippen LogP contribution in [0.5, 0.6) is 0 Å². The van der Waals surface area contributed by atoms with Gasteiger partial charge in [-0.25, -0.2) is 5.48 Å². The third kappa shape index (κ3) is 4.59. The van der Waals surface area contributed by atoms with Crippen LogP contribution in [-0.2, 0) is 6.42 Å². The predicted octanol–water partition coefficient (Wildman–Crippen LogP) is 3.70. The van der Waals surface area contributed by atoms with Gasteiger partial charge in [0.2, 0.25) is 0 Å². The average Bonchev–Trinajstić information content (AvgIpc) is 2.75. The van der Waals surface area contributed by atoms with Gasteiger partial charge in [0.1, 0.15) is 0 Å². The van der Waals surface area contributed by atoms with E-state index in [-0.39, 0.29) is 5.91 Å². The van der Waals surface area contributed by atoms with Gasteiger partial charge in [0.05, 0.1) is 0 Å². The normalized spacial score (nSPS) is 10.3. The monoisotopic (exact) mass is 360 g/mol. The summed E-state index contributed by atoms with van der Waals surface area (Å²) in [6.45, 7) is 0.503. The molecular weight excluding hydrogens is 340 g/mol. The topological polar surface area (TPSA) is 69.6 Å². The maximum Gasteiger partial charge on any atom is 0.274 e. The Hall–Kier alpha value is -3.44. The molecule has 136 valence electrons. The van der Waals surface area contributed by atoms with Crippen molar-refractivity contribution in [2.75, 3.05) is 11.4 Å². The fraction of sp³-hybridized carbons (Fsp3) is 0.0909. The molecule has 0 bridgehead atoms. The van der Waals surface area contributed by atoms with Crippen molar-refractivity contribution in [1.29, 1.82) is 0 Å². The number of hydrogen-bond donors (Lipinski definition) is 2. The lowest BCUT2D eigenvalue weighted by Crippen LogP contribution is -2.32. The van der Waals surface area contributed by atoms with E-state index in [0.29, 0.717) is 24.1 Å². The van der Waals surface area contributed by atoms with Gasteiger partial charge in [-0.3, -0.25) is 14.8 Å². The van der Waals surface area contributed by atoms with Crippen molar-refractivity contribution in [1.82, 2.24) is 5.48 Å². The molecule has 5 heteroatoms. The highest BCUT2D eigenvalue weighted by Crippen LogP contribution is 2.18. The zero-order valence-electron chi connectivity index (χ0n) is 14.7. The molecule has 0 fully saturated rings. The number of nitrogens with one attached hydrogen (secondary N) is 1. The molecule has 0 aliphatic carbocycles. The minimum absolute atomic E-state index is 0.0573. The minimum Gasteiger partial charge on any atom is -0.308 e. The molecule has 0 saturated heterocycles.